The third-order valence-electron chi connectivity index (χ3n) is 4.11. The summed E-state index contributed by atoms with van der Waals surface area (Å²) >= 11 is 5.32. The lowest BCUT2D eigenvalue weighted by molar-refractivity contribution is 0.0973. The van der Waals surface area contributed by atoms with Gasteiger partial charge in [0.25, 0.3) is 5.91 Å². The van der Waals surface area contributed by atoms with E-state index in [9.17, 15) is 4.79 Å². The fourth-order valence-corrected chi connectivity index (χ4v) is 2.94. The van der Waals surface area contributed by atoms with Gasteiger partial charge in [0.2, 0.25) is 0 Å². The van der Waals surface area contributed by atoms with Crippen LogP contribution in [-0.4, -0.2) is 23.7 Å². The quantitative estimate of drug-likeness (QED) is 0.394. The van der Waals surface area contributed by atoms with Crippen molar-refractivity contribution in [3.63, 3.8) is 0 Å². The van der Waals surface area contributed by atoms with Gasteiger partial charge in [-0.1, -0.05) is 50.5 Å². The van der Waals surface area contributed by atoms with Crippen LogP contribution in [0.4, 0.5) is 5.69 Å². The maximum Gasteiger partial charge on any atom is 0.261 e. The molecule has 2 aromatic rings. The molecule has 0 radical (unpaired) electrons. The molecule has 0 saturated heterocycles. The monoisotopic (exact) mass is 414 g/mol. The summed E-state index contributed by atoms with van der Waals surface area (Å²) in [6.45, 7) is 6.67. The lowest BCUT2D eigenvalue weighted by Crippen LogP contribution is -2.34. The van der Waals surface area contributed by atoms with E-state index in [-0.39, 0.29) is 17.1 Å². The summed E-state index contributed by atoms with van der Waals surface area (Å²) in [4.78, 5) is 12.7. The Balaban J connectivity index is 1.97. The molecular weight excluding hydrogens is 384 g/mol. The number of rotatable bonds is 10. The van der Waals surface area contributed by atoms with Crippen molar-refractivity contribution in [1.82, 2.24) is 5.32 Å². The minimum atomic E-state index is -0.311. The maximum atomic E-state index is 12.7. The molecule has 156 valence electrons. The number of ether oxygens (including phenoxy) is 2. The van der Waals surface area contributed by atoms with Crippen LogP contribution in [0, 0.1) is 0 Å². The van der Waals surface area contributed by atoms with Gasteiger partial charge >= 0.3 is 0 Å². The maximum absolute atomic E-state index is 12.7. The lowest BCUT2D eigenvalue weighted by atomic mass is 10.2. The predicted molar refractivity (Wildman–Crippen MR) is 122 cm³/mol. The summed E-state index contributed by atoms with van der Waals surface area (Å²) in [5, 5.41) is 5.96. The molecule has 0 aliphatic carbocycles. The van der Waals surface area contributed by atoms with Gasteiger partial charge in [-0.15, -0.1) is 0 Å². The molecule has 0 saturated carbocycles. The number of carbonyl (C=O) groups excluding carboxylic acids is 1. The highest BCUT2D eigenvalue weighted by Crippen LogP contribution is 2.25. The fraction of sp³-hybridized carbons (Fsp3) is 0.391. The van der Waals surface area contributed by atoms with Crippen LogP contribution in [0.1, 0.15) is 56.8 Å². The second kappa shape index (κ2) is 12.1. The van der Waals surface area contributed by atoms with E-state index in [4.69, 9.17) is 21.7 Å². The van der Waals surface area contributed by atoms with E-state index in [2.05, 4.69) is 17.6 Å². The van der Waals surface area contributed by atoms with Crippen molar-refractivity contribution in [2.45, 2.75) is 52.6 Å². The smallest absolute Gasteiger partial charge is 0.261 e. The van der Waals surface area contributed by atoms with Crippen molar-refractivity contribution >= 4 is 28.9 Å². The Morgan fingerprint density at radius 3 is 2.41 bits per heavy atom. The molecule has 2 aromatic carbocycles. The van der Waals surface area contributed by atoms with E-state index in [0.29, 0.717) is 29.4 Å². The first-order valence-electron chi connectivity index (χ1n) is 10.1. The van der Waals surface area contributed by atoms with Crippen LogP contribution >= 0.6 is 12.2 Å². The molecular formula is C23H30N2O3S. The molecule has 1 amide bonds. The number of hydrogen-bond acceptors (Lipinski definition) is 4. The molecule has 29 heavy (non-hydrogen) atoms. The number of hydrogen-bond donors (Lipinski definition) is 2. The Morgan fingerprint density at radius 1 is 1.00 bits per heavy atom. The standard InChI is InChI=1S/C23H30N2O3S/c1-4-5-6-11-16-27-20-14-9-7-12-18(20)22(26)25-23(29)24-19-13-8-10-15-21(19)28-17(2)3/h7-10,12-15,17H,4-6,11,16H2,1-3H3,(H2,24,25,26,29). The Labute approximate surface area is 178 Å². The molecule has 2 N–H and O–H groups in total. The molecule has 0 atom stereocenters. The Kier molecular flexibility index (Phi) is 9.44. The van der Waals surface area contributed by atoms with Crippen molar-refractivity contribution in [2.24, 2.45) is 0 Å². The molecule has 6 heteroatoms. The predicted octanol–water partition coefficient (Wildman–Crippen LogP) is 5.56. The van der Waals surface area contributed by atoms with Gasteiger partial charge in [0.1, 0.15) is 11.5 Å². The summed E-state index contributed by atoms with van der Waals surface area (Å²) in [7, 11) is 0. The lowest BCUT2D eigenvalue weighted by Gasteiger charge is -2.16. The van der Waals surface area contributed by atoms with Crippen LogP contribution in [0.3, 0.4) is 0 Å². The largest absolute Gasteiger partial charge is 0.493 e. The Bertz CT molecular complexity index is 808. The zero-order valence-electron chi connectivity index (χ0n) is 17.4. The highest BCUT2D eigenvalue weighted by atomic mass is 32.1. The molecule has 0 heterocycles. The van der Waals surface area contributed by atoms with Gasteiger partial charge in [-0.2, -0.15) is 0 Å². The van der Waals surface area contributed by atoms with E-state index in [1.807, 2.05) is 44.2 Å². The number of thiocarbonyl (C=S) groups is 1. The third-order valence-corrected chi connectivity index (χ3v) is 4.32. The van der Waals surface area contributed by atoms with Crippen LogP contribution in [0.25, 0.3) is 0 Å². The first-order valence-corrected chi connectivity index (χ1v) is 10.5. The first-order chi connectivity index (χ1) is 14.0. The molecule has 0 aliphatic heterocycles. The summed E-state index contributed by atoms with van der Waals surface area (Å²) in [6.07, 6.45) is 4.48. The summed E-state index contributed by atoms with van der Waals surface area (Å²) in [6, 6.07) is 14.7. The molecule has 2 rings (SSSR count). The molecule has 0 fully saturated rings. The number of nitrogens with one attached hydrogen (secondary N) is 2. The molecule has 0 unspecified atom stereocenters. The van der Waals surface area contributed by atoms with E-state index in [0.717, 1.165) is 12.8 Å². The van der Waals surface area contributed by atoms with Gasteiger partial charge < -0.3 is 14.8 Å². The summed E-state index contributed by atoms with van der Waals surface area (Å²) in [5.41, 5.74) is 1.16. The van der Waals surface area contributed by atoms with E-state index in [1.165, 1.54) is 12.8 Å². The minimum Gasteiger partial charge on any atom is -0.493 e. The number of unbranched alkanes of at least 4 members (excludes halogenated alkanes) is 3. The average Bonchev–Trinajstić information content (AvgIpc) is 2.69. The summed E-state index contributed by atoms with van der Waals surface area (Å²) in [5.74, 6) is 0.927. The first kappa shape index (κ1) is 22.7. The SMILES string of the molecule is CCCCCCOc1ccccc1C(=O)NC(=S)Nc1ccccc1OC(C)C. The van der Waals surface area contributed by atoms with Crippen molar-refractivity contribution < 1.29 is 14.3 Å². The van der Waals surface area contributed by atoms with Gasteiger partial charge in [0.05, 0.1) is 24.0 Å². The van der Waals surface area contributed by atoms with Crippen LogP contribution in [0.5, 0.6) is 11.5 Å². The number of amides is 1. The van der Waals surface area contributed by atoms with Crippen LogP contribution < -0.4 is 20.1 Å². The zero-order chi connectivity index (χ0) is 21.1. The van der Waals surface area contributed by atoms with Gasteiger partial charge in [0.15, 0.2) is 5.11 Å². The number of carbonyl (C=O) groups is 1. The van der Waals surface area contributed by atoms with E-state index in [1.54, 1.807) is 18.2 Å². The minimum absolute atomic E-state index is 0.0301. The second-order valence-corrected chi connectivity index (χ2v) is 7.38. The Morgan fingerprint density at radius 2 is 1.69 bits per heavy atom. The molecule has 0 aliphatic rings. The molecule has 0 spiro atoms. The van der Waals surface area contributed by atoms with Crippen molar-refractivity contribution in [2.75, 3.05) is 11.9 Å². The molecule has 0 bridgehead atoms. The fourth-order valence-electron chi connectivity index (χ4n) is 2.74. The number of benzene rings is 2. The zero-order valence-corrected chi connectivity index (χ0v) is 18.2. The van der Waals surface area contributed by atoms with Gasteiger partial charge in [-0.25, -0.2) is 0 Å². The van der Waals surface area contributed by atoms with Crippen molar-refractivity contribution in [1.29, 1.82) is 0 Å². The van der Waals surface area contributed by atoms with Crippen molar-refractivity contribution in [3.8, 4) is 11.5 Å². The normalized spacial score (nSPS) is 10.5. The van der Waals surface area contributed by atoms with Crippen molar-refractivity contribution in [3.05, 3.63) is 54.1 Å². The van der Waals surface area contributed by atoms with Crippen LogP contribution in [-0.2, 0) is 0 Å². The van der Waals surface area contributed by atoms with Gasteiger partial charge in [-0.3, -0.25) is 10.1 Å². The van der Waals surface area contributed by atoms with Gasteiger partial charge in [0, 0.05) is 0 Å². The van der Waals surface area contributed by atoms with E-state index < -0.39 is 0 Å². The number of para-hydroxylation sites is 3. The average molecular weight is 415 g/mol. The van der Waals surface area contributed by atoms with Crippen LogP contribution in [0.15, 0.2) is 48.5 Å². The van der Waals surface area contributed by atoms with Crippen LogP contribution in [0.2, 0.25) is 0 Å². The Hall–Kier alpha value is -2.60. The topological polar surface area (TPSA) is 59.6 Å². The molecule has 5 nitrogen and oxygen atoms in total. The van der Waals surface area contributed by atoms with Gasteiger partial charge in [-0.05, 0) is 56.8 Å². The number of anilines is 1. The highest BCUT2D eigenvalue weighted by Gasteiger charge is 2.14. The highest BCUT2D eigenvalue weighted by molar-refractivity contribution is 7.80. The third kappa shape index (κ3) is 7.74. The second-order valence-electron chi connectivity index (χ2n) is 6.98. The van der Waals surface area contributed by atoms with E-state index >= 15 is 0 Å². The molecule has 0 aromatic heterocycles. The summed E-state index contributed by atoms with van der Waals surface area (Å²) < 4.78 is 11.6.